The first-order valence-corrected chi connectivity index (χ1v) is 10.1. The highest BCUT2D eigenvalue weighted by Crippen LogP contribution is 2.28. The quantitative estimate of drug-likeness (QED) is 0.158. The Morgan fingerprint density at radius 2 is 1.70 bits per heavy atom. The fraction of sp³-hybridized carbons (Fsp3) is 0.125. The van der Waals surface area contributed by atoms with Gasteiger partial charge >= 0.3 is 5.97 Å². The van der Waals surface area contributed by atoms with Crippen LogP contribution in [0.5, 0.6) is 6.01 Å². The van der Waals surface area contributed by atoms with Crippen molar-refractivity contribution in [3.8, 4) is 17.1 Å². The first-order valence-electron chi connectivity index (χ1n) is 10.1. The minimum Gasteiger partial charge on any atom is -0.478 e. The highest BCUT2D eigenvalue weighted by molar-refractivity contribution is 6.02. The Labute approximate surface area is 190 Å². The first kappa shape index (κ1) is 23.1. The molecule has 0 saturated heterocycles. The van der Waals surface area contributed by atoms with Gasteiger partial charge in [-0.3, -0.25) is 9.98 Å². The van der Waals surface area contributed by atoms with Gasteiger partial charge in [0.25, 0.3) is 6.01 Å². The number of aromatic carboxylic acids is 1. The lowest BCUT2D eigenvalue weighted by atomic mass is 9.98. The molecule has 1 aromatic heterocycles. The maximum Gasteiger partial charge on any atom is 0.337 e. The SMILES string of the molecule is CCOc1nc2cccc(C(=O)O)c2n1Cc1ccc(-c2ccccc2C(=N)N)cc1.N=N. The van der Waals surface area contributed by atoms with E-state index in [-0.39, 0.29) is 11.4 Å². The summed E-state index contributed by atoms with van der Waals surface area (Å²) in [5.41, 5.74) is 20.5. The van der Waals surface area contributed by atoms with Crippen molar-refractivity contribution in [1.29, 1.82) is 16.5 Å². The van der Waals surface area contributed by atoms with Gasteiger partial charge in [-0.15, -0.1) is 0 Å². The Kier molecular flexibility index (Phi) is 7.14. The number of ether oxygens (including phenoxy) is 1. The van der Waals surface area contributed by atoms with E-state index in [1.165, 1.54) is 0 Å². The highest BCUT2D eigenvalue weighted by atomic mass is 16.5. The number of carbonyl (C=O) groups is 1. The van der Waals surface area contributed by atoms with E-state index < -0.39 is 5.97 Å². The van der Waals surface area contributed by atoms with E-state index in [9.17, 15) is 9.90 Å². The molecule has 0 saturated carbocycles. The number of hydrogen-bond donors (Lipinski definition) is 5. The summed E-state index contributed by atoms with van der Waals surface area (Å²) < 4.78 is 7.48. The molecule has 0 amide bonds. The fourth-order valence-corrected chi connectivity index (χ4v) is 3.66. The number of nitrogens with two attached hydrogens (primary N) is 1. The number of hydrogen-bond acceptors (Lipinski definition) is 6. The third-order valence-electron chi connectivity index (χ3n) is 5.06. The van der Waals surface area contributed by atoms with Gasteiger partial charge < -0.3 is 15.6 Å². The van der Waals surface area contributed by atoms with E-state index >= 15 is 0 Å². The number of benzene rings is 3. The normalized spacial score (nSPS) is 10.3. The number of fused-ring (bicyclic) bond motifs is 1. The third kappa shape index (κ3) is 4.72. The van der Waals surface area contributed by atoms with Gasteiger partial charge in [-0.05, 0) is 35.7 Å². The van der Waals surface area contributed by atoms with Crippen molar-refractivity contribution in [2.45, 2.75) is 13.5 Å². The van der Waals surface area contributed by atoms with Crippen LogP contribution in [0.25, 0.3) is 22.2 Å². The van der Waals surface area contributed by atoms with E-state index in [0.29, 0.717) is 35.8 Å². The monoisotopic (exact) mass is 444 g/mol. The topological polar surface area (TPSA) is 162 Å². The van der Waals surface area contributed by atoms with Gasteiger partial charge in [-0.1, -0.05) is 54.6 Å². The van der Waals surface area contributed by atoms with Gasteiger partial charge in [0.2, 0.25) is 0 Å². The molecule has 1 heterocycles. The summed E-state index contributed by atoms with van der Waals surface area (Å²) in [7, 11) is 0. The number of carboxylic acids is 1. The largest absolute Gasteiger partial charge is 0.478 e. The molecule has 9 heteroatoms. The van der Waals surface area contributed by atoms with Gasteiger partial charge in [0.05, 0.1) is 29.7 Å². The number of nitrogen functional groups attached to an aromatic ring is 1. The van der Waals surface area contributed by atoms with Gasteiger partial charge in [0, 0.05) is 5.56 Å². The van der Waals surface area contributed by atoms with Gasteiger partial charge in [0.1, 0.15) is 5.84 Å². The smallest absolute Gasteiger partial charge is 0.337 e. The molecular weight excluding hydrogens is 420 g/mol. The molecule has 0 aliphatic rings. The van der Waals surface area contributed by atoms with Crippen molar-refractivity contribution >= 4 is 22.8 Å². The zero-order valence-corrected chi connectivity index (χ0v) is 18.0. The van der Waals surface area contributed by atoms with Crippen LogP contribution in [0.1, 0.15) is 28.4 Å². The molecule has 0 bridgehead atoms. The zero-order chi connectivity index (χ0) is 24.0. The number of rotatable bonds is 7. The van der Waals surface area contributed by atoms with Crippen LogP contribution in [0.3, 0.4) is 0 Å². The van der Waals surface area contributed by atoms with Crippen LogP contribution in [0.4, 0.5) is 0 Å². The molecule has 6 N–H and O–H groups in total. The highest BCUT2D eigenvalue weighted by Gasteiger charge is 2.19. The Bertz CT molecular complexity index is 1300. The van der Waals surface area contributed by atoms with E-state index in [1.807, 2.05) is 55.5 Å². The number of para-hydroxylation sites is 1. The van der Waals surface area contributed by atoms with Crippen molar-refractivity contribution in [1.82, 2.24) is 9.55 Å². The van der Waals surface area contributed by atoms with E-state index in [1.54, 1.807) is 22.8 Å². The Morgan fingerprint density at radius 3 is 2.33 bits per heavy atom. The van der Waals surface area contributed by atoms with E-state index in [0.717, 1.165) is 16.7 Å². The predicted molar refractivity (Wildman–Crippen MR) is 125 cm³/mol. The van der Waals surface area contributed by atoms with E-state index in [4.69, 9.17) is 26.9 Å². The third-order valence-corrected chi connectivity index (χ3v) is 5.06. The molecule has 0 spiro atoms. The summed E-state index contributed by atoms with van der Waals surface area (Å²) >= 11 is 0. The lowest BCUT2D eigenvalue weighted by molar-refractivity contribution is 0.0698. The minimum absolute atomic E-state index is 0.0205. The molecule has 0 fully saturated rings. The zero-order valence-electron chi connectivity index (χ0n) is 18.0. The second-order valence-corrected chi connectivity index (χ2v) is 7.05. The Balaban J connectivity index is 0.00000149. The molecule has 0 unspecified atom stereocenters. The molecule has 0 atom stereocenters. The average molecular weight is 444 g/mol. The Morgan fingerprint density at radius 1 is 1.03 bits per heavy atom. The number of amidine groups is 1. The molecule has 3 aromatic carbocycles. The van der Waals surface area contributed by atoms with Crippen LogP contribution in [0.2, 0.25) is 0 Å². The van der Waals surface area contributed by atoms with Gasteiger partial charge in [0.15, 0.2) is 0 Å². The lowest BCUT2D eigenvalue weighted by Gasteiger charge is -2.12. The second-order valence-electron chi connectivity index (χ2n) is 7.05. The molecule has 33 heavy (non-hydrogen) atoms. The number of carboxylic acid groups (broad SMARTS) is 1. The first-order chi connectivity index (χ1) is 16.0. The van der Waals surface area contributed by atoms with Gasteiger partial charge in [-0.25, -0.2) is 15.9 Å². The number of nitrogens with one attached hydrogen (secondary N) is 3. The van der Waals surface area contributed by atoms with Crippen molar-refractivity contribution in [3.05, 3.63) is 83.4 Å². The van der Waals surface area contributed by atoms with Crippen LogP contribution in [-0.2, 0) is 6.54 Å². The number of imidazole rings is 1. The second kappa shape index (κ2) is 10.2. The van der Waals surface area contributed by atoms with E-state index in [2.05, 4.69) is 4.98 Å². The Hall–Kier alpha value is -4.53. The molecule has 0 radical (unpaired) electrons. The molecule has 168 valence electrons. The summed E-state index contributed by atoms with van der Waals surface area (Å²) in [4.78, 5) is 16.2. The predicted octanol–water partition coefficient (Wildman–Crippen LogP) is 4.73. The van der Waals surface area contributed by atoms with Gasteiger partial charge in [-0.2, -0.15) is 4.98 Å². The summed E-state index contributed by atoms with van der Waals surface area (Å²) in [6.45, 7) is 2.69. The number of aromatic nitrogens is 2. The van der Waals surface area contributed by atoms with Crippen LogP contribution in [-0.4, -0.2) is 33.1 Å². The molecule has 4 aromatic rings. The van der Waals surface area contributed by atoms with Crippen LogP contribution < -0.4 is 10.5 Å². The number of nitrogens with zero attached hydrogens (tertiary/aromatic N) is 2. The minimum atomic E-state index is -1.01. The van der Waals surface area contributed by atoms with Crippen LogP contribution >= 0.6 is 0 Å². The fourth-order valence-electron chi connectivity index (χ4n) is 3.66. The molecule has 4 rings (SSSR count). The summed E-state index contributed by atoms with van der Waals surface area (Å²) in [6, 6.07) is 20.8. The maximum atomic E-state index is 11.8. The van der Waals surface area contributed by atoms with Crippen LogP contribution in [0, 0.1) is 16.5 Å². The van der Waals surface area contributed by atoms with Crippen molar-refractivity contribution < 1.29 is 14.6 Å². The van der Waals surface area contributed by atoms with Crippen molar-refractivity contribution in [2.75, 3.05) is 6.61 Å². The summed E-state index contributed by atoms with van der Waals surface area (Å²) in [6.07, 6.45) is 0. The maximum absolute atomic E-state index is 11.8. The molecule has 0 aliphatic heterocycles. The average Bonchev–Trinajstić information content (AvgIpc) is 3.18. The summed E-state index contributed by atoms with van der Waals surface area (Å²) in [5, 5.41) is 17.4. The molecule has 9 nitrogen and oxygen atoms in total. The van der Waals surface area contributed by atoms with Crippen molar-refractivity contribution in [3.63, 3.8) is 0 Å². The standard InChI is InChI=1S/C24H22N4O3.H2N2/c1-2-31-24-27-20-9-5-8-19(23(29)30)21(20)28(24)14-15-10-12-16(13-11-15)17-6-3-4-7-18(17)22(25)26;1-2/h3-13H,2,14H2,1H3,(H3,25,26)(H,29,30);1-2H. The molecular formula is C24H24N6O3. The van der Waals surface area contributed by atoms with Crippen LogP contribution in [0.15, 0.2) is 66.7 Å². The summed E-state index contributed by atoms with van der Waals surface area (Å²) in [5.74, 6) is -0.988. The van der Waals surface area contributed by atoms with Crippen molar-refractivity contribution in [2.24, 2.45) is 5.73 Å². The molecule has 0 aliphatic carbocycles. The lowest BCUT2D eigenvalue weighted by Crippen LogP contribution is -2.12.